The molecule has 5 heteroatoms. The lowest BCUT2D eigenvalue weighted by atomic mass is 10.0. The lowest BCUT2D eigenvalue weighted by Crippen LogP contribution is -2.07. The van der Waals surface area contributed by atoms with Gasteiger partial charge < -0.3 is 13.7 Å². The molecule has 0 unspecified atom stereocenters. The first kappa shape index (κ1) is 21.0. The molecule has 2 heterocycles. The predicted molar refractivity (Wildman–Crippen MR) is 120 cm³/mol. The van der Waals surface area contributed by atoms with Gasteiger partial charge >= 0.3 is 0 Å². The van der Waals surface area contributed by atoms with Gasteiger partial charge in [-0.15, -0.1) is 12.4 Å². The van der Waals surface area contributed by atoms with Crippen LogP contribution in [0.15, 0.2) is 65.3 Å². The minimum atomic E-state index is 0. The van der Waals surface area contributed by atoms with Crippen molar-refractivity contribution in [1.82, 2.24) is 9.55 Å². The summed E-state index contributed by atoms with van der Waals surface area (Å²) in [6.07, 6.45) is 2.58. The van der Waals surface area contributed by atoms with E-state index in [0.717, 1.165) is 41.3 Å². The molecule has 4 nitrogen and oxygen atoms in total. The van der Waals surface area contributed by atoms with Gasteiger partial charge in [0.2, 0.25) is 0 Å². The molecule has 2 aromatic carbocycles. The Labute approximate surface area is 177 Å². The molecular formula is C24H27ClN2O2. The molecule has 29 heavy (non-hydrogen) atoms. The third kappa shape index (κ3) is 4.48. The van der Waals surface area contributed by atoms with Gasteiger partial charge in [-0.25, -0.2) is 4.98 Å². The van der Waals surface area contributed by atoms with Gasteiger partial charge in [0.05, 0.1) is 23.9 Å². The molecule has 4 rings (SSSR count). The van der Waals surface area contributed by atoms with E-state index in [2.05, 4.69) is 49.6 Å². The summed E-state index contributed by atoms with van der Waals surface area (Å²) >= 11 is 0. The highest BCUT2D eigenvalue weighted by molar-refractivity contribution is 5.85. The quantitative estimate of drug-likeness (QED) is 0.321. The number of fused-ring (bicyclic) bond motifs is 1. The normalized spacial score (nSPS) is 11.0. The van der Waals surface area contributed by atoms with Crippen molar-refractivity contribution in [2.75, 3.05) is 6.61 Å². The van der Waals surface area contributed by atoms with Gasteiger partial charge in [-0.1, -0.05) is 38.1 Å². The van der Waals surface area contributed by atoms with Crippen molar-refractivity contribution in [1.29, 1.82) is 0 Å². The van der Waals surface area contributed by atoms with E-state index in [1.807, 2.05) is 30.3 Å². The van der Waals surface area contributed by atoms with Crippen LogP contribution in [0.25, 0.3) is 22.6 Å². The monoisotopic (exact) mass is 410 g/mol. The van der Waals surface area contributed by atoms with Crippen LogP contribution in [0.2, 0.25) is 0 Å². The zero-order valence-electron chi connectivity index (χ0n) is 17.1. The summed E-state index contributed by atoms with van der Waals surface area (Å²) in [6.45, 7) is 7.98. The summed E-state index contributed by atoms with van der Waals surface area (Å²) in [4.78, 5) is 4.77. The maximum Gasteiger partial charge on any atom is 0.177 e. The van der Waals surface area contributed by atoms with Crippen LogP contribution in [-0.2, 0) is 6.54 Å². The number of hydrogen-bond donors (Lipinski definition) is 0. The van der Waals surface area contributed by atoms with Gasteiger partial charge in [-0.05, 0) is 60.7 Å². The van der Waals surface area contributed by atoms with Crippen LogP contribution in [0.5, 0.6) is 5.75 Å². The Bertz CT molecular complexity index is 1070. The van der Waals surface area contributed by atoms with Gasteiger partial charge in [0.1, 0.15) is 5.75 Å². The molecule has 0 N–H and O–H groups in total. The van der Waals surface area contributed by atoms with E-state index in [1.54, 1.807) is 6.26 Å². The Balaban J connectivity index is 0.00000240. The molecule has 152 valence electrons. The van der Waals surface area contributed by atoms with Crippen molar-refractivity contribution in [3.63, 3.8) is 0 Å². The minimum absolute atomic E-state index is 0. The maximum atomic E-state index is 6.16. The maximum absolute atomic E-state index is 6.16. The van der Waals surface area contributed by atoms with Crippen LogP contribution in [0.4, 0.5) is 0 Å². The third-order valence-electron chi connectivity index (χ3n) is 4.97. The van der Waals surface area contributed by atoms with Crippen molar-refractivity contribution in [3.05, 3.63) is 72.0 Å². The molecular weight excluding hydrogens is 384 g/mol. The first-order chi connectivity index (χ1) is 13.6. The molecule has 0 aliphatic heterocycles. The minimum Gasteiger partial charge on any atom is -0.493 e. The molecule has 0 atom stereocenters. The molecule has 0 radical (unpaired) electrons. The molecule has 0 aliphatic carbocycles. The standard InChI is InChI=1S/C24H26N2O2.ClH/c1-17(2)19-12-11-18(3)16-23(19)28-15-7-13-26-21-9-5-4-8-20(21)25-24(26)22-10-6-14-27-22;/h4-6,8-12,14,16-17H,7,13,15H2,1-3H3;1H. The molecule has 0 aliphatic rings. The number of hydrogen-bond acceptors (Lipinski definition) is 3. The first-order valence-electron chi connectivity index (χ1n) is 9.86. The number of rotatable bonds is 7. The number of imidazole rings is 1. The molecule has 0 saturated carbocycles. The number of nitrogens with zero attached hydrogens (tertiary/aromatic N) is 2. The van der Waals surface area contributed by atoms with Gasteiger partial charge in [0, 0.05) is 6.54 Å². The summed E-state index contributed by atoms with van der Waals surface area (Å²) in [6, 6.07) is 18.5. The summed E-state index contributed by atoms with van der Waals surface area (Å²) in [5.74, 6) is 3.10. The van der Waals surface area contributed by atoms with Crippen LogP contribution in [0.3, 0.4) is 0 Å². The lowest BCUT2D eigenvalue weighted by Gasteiger charge is -2.15. The van der Waals surface area contributed by atoms with Gasteiger partial charge in [-0.2, -0.15) is 0 Å². The largest absolute Gasteiger partial charge is 0.493 e. The zero-order chi connectivity index (χ0) is 19.5. The summed E-state index contributed by atoms with van der Waals surface area (Å²) in [5, 5.41) is 0. The number of benzene rings is 2. The van der Waals surface area contributed by atoms with Crippen molar-refractivity contribution in [2.24, 2.45) is 0 Å². The summed E-state index contributed by atoms with van der Waals surface area (Å²) in [7, 11) is 0. The molecule has 0 saturated heterocycles. The van der Waals surface area contributed by atoms with E-state index in [-0.39, 0.29) is 12.4 Å². The molecule has 0 spiro atoms. The Morgan fingerprint density at radius 2 is 1.90 bits per heavy atom. The predicted octanol–water partition coefficient (Wildman–Crippen LogP) is 6.62. The van der Waals surface area contributed by atoms with Gasteiger partial charge in [-0.3, -0.25) is 0 Å². The molecule has 4 aromatic rings. The SMILES string of the molecule is Cc1ccc(C(C)C)c(OCCCn2c(-c3ccco3)nc3ccccc32)c1.Cl. The zero-order valence-corrected chi connectivity index (χ0v) is 17.9. The highest BCUT2D eigenvalue weighted by Crippen LogP contribution is 2.28. The lowest BCUT2D eigenvalue weighted by molar-refractivity contribution is 0.298. The highest BCUT2D eigenvalue weighted by atomic mass is 35.5. The summed E-state index contributed by atoms with van der Waals surface area (Å²) in [5.41, 5.74) is 4.58. The Morgan fingerprint density at radius 3 is 2.66 bits per heavy atom. The van der Waals surface area contributed by atoms with E-state index in [0.29, 0.717) is 12.5 Å². The van der Waals surface area contributed by atoms with Crippen molar-refractivity contribution in [3.8, 4) is 17.3 Å². The van der Waals surface area contributed by atoms with Gasteiger partial charge in [0.15, 0.2) is 11.6 Å². The fourth-order valence-electron chi connectivity index (χ4n) is 3.54. The fourth-order valence-corrected chi connectivity index (χ4v) is 3.54. The second-order valence-electron chi connectivity index (χ2n) is 7.45. The summed E-state index contributed by atoms with van der Waals surface area (Å²) < 4.78 is 14.0. The smallest absolute Gasteiger partial charge is 0.177 e. The third-order valence-corrected chi connectivity index (χ3v) is 4.97. The van der Waals surface area contributed by atoms with Crippen LogP contribution in [0.1, 0.15) is 37.3 Å². The fraction of sp³-hybridized carbons (Fsp3) is 0.292. The molecule has 0 amide bonds. The van der Waals surface area contributed by atoms with E-state index in [1.165, 1.54) is 11.1 Å². The Morgan fingerprint density at radius 1 is 1.07 bits per heavy atom. The molecule has 2 aromatic heterocycles. The second-order valence-corrected chi connectivity index (χ2v) is 7.45. The van der Waals surface area contributed by atoms with E-state index < -0.39 is 0 Å². The number of aryl methyl sites for hydroxylation is 2. The topological polar surface area (TPSA) is 40.2 Å². The van der Waals surface area contributed by atoms with Crippen LogP contribution < -0.4 is 4.74 Å². The number of aromatic nitrogens is 2. The number of ether oxygens (including phenoxy) is 1. The number of para-hydroxylation sites is 2. The Kier molecular flexibility index (Phi) is 6.65. The number of furan rings is 1. The number of halogens is 1. The average molecular weight is 411 g/mol. The average Bonchev–Trinajstić information content (AvgIpc) is 3.33. The molecule has 0 fully saturated rings. The second kappa shape index (κ2) is 9.19. The highest BCUT2D eigenvalue weighted by Gasteiger charge is 2.14. The van der Waals surface area contributed by atoms with Crippen LogP contribution in [-0.4, -0.2) is 16.2 Å². The van der Waals surface area contributed by atoms with E-state index in [4.69, 9.17) is 14.1 Å². The van der Waals surface area contributed by atoms with E-state index >= 15 is 0 Å². The van der Waals surface area contributed by atoms with Crippen molar-refractivity contribution in [2.45, 2.75) is 39.7 Å². The molecule has 0 bridgehead atoms. The van der Waals surface area contributed by atoms with Crippen molar-refractivity contribution < 1.29 is 9.15 Å². The first-order valence-corrected chi connectivity index (χ1v) is 9.86. The van der Waals surface area contributed by atoms with E-state index in [9.17, 15) is 0 Å². The van der Waals surface area contributed by atoms with Crippen LogP contribution >= 0.6 is 12.4 Å². The Hall–Kier alpha value is -2.72. The van der Waals surface area contributed by atoms with Crippen molar-refractivity contribution >= 4 is 23.4 Å². The van der Waals surface area contributed by atoms with Gasteiger partial charge in [0.25, 0.3) is 0 Å². The van der Waals surface area contributed by atoms with Crippen LogP contribution in [0, 0.1) is 6.92 Å².